The summed E-state index contributed by atoms with van der Waals surface area (Å²) in [6.45, 7) is 7.98. The summed E-state index contributed by atoms with van der Waals surface area (Å²) < 4.78 is 5.96. The molecule has 2 fully saturated rings. The minimum Gasteiger partial charge on any atom is -0.378 e. The highest BCUT2D eigenvalue weighted by molar-refractivity contribution is 5.39. The van der Waals surface area contributed by atoms with Gasteiger partial charge in [0, 0.05) is 17.6 Å². The van der Waals surface area contributed by atoms with E-state index >= 15 is 0 Å². The summed E-state index contributed by atoms with van der Waals surface area (Å²) in [5.74, 6) is 5.45. The molecule has 0 aromatic carbocycles. The number of terminal acetylenes is 1. The van der Waals surface area contributed by atoms with Gasteiger partial charge in [-0.25, -0.2) is 0 Å². The molecule has 0 heterocycles. The molecule has 6 atom stereocenters. The summed E-state index contributed by atoms with van der Waals surface area (Å²) in [7, 11) is 0. The number of hydrogen-bond donors (Lipinski definition) is 0. The second-order valence-corrected chi connectivity index (χ2v) is 9.03. The fourth-order valence-corrected chi connectivity index (χ4v) is 6.80. The van der Waals surface area contributed by atoms with E-state index in [4.69, 9.17) is 11.2 Å². The van der Waals surface area contributed by atoms with Crippen LogP contribution in [0.1, 0.15) is 65.7 Å². The standard InChI is InChI=1S/C23H32O/c1-5-16-8-10-20-19-9-7-17-15-18(24-6-2)11-13-23(17,4)21(19)12-14-22(16,20)3/h1,7-8,18-21H,6,9-15H2,2-4H3/t18-,19-,20-,21-,22+,23-/m0/s1. The molecule has 0 aromatic rings. The average molecular weight is 325 g/mol. The van der Waals surface area contributed by atoms with Crippen LogP contribution in [0.15, 0.2) is 23.3 Å². The van der Waals surface area contributed by atoms with Gasteiger partial charge < -0.3 is 4.74 Å². The van der Waals surface area contributed by atoms with Crippen LogP contribution in [0.4, 0.5) is 0 Å². The first-order valence-electron chi connectivity index (χ1n) is 10.0. The number of hydrogen-bond acceptors (Lipinski definition) is 1. The number of ether oxygens (including phenoxy) is 1. The first-order chi connectivity index (χ1) is 11.5. The van der Waals surface area contributed by atoms with Crippen molar-refractivity contribution >= 4 is 0 Å². The van der Waals surface area contributed by atoms with Crippen LogP contribution in [0, 0.1) is 40.9 Å². The lowest BCUT2D eigenvalue weighted by Gasteiger charge is -2.57. The summed E-state index contributed by atoms with van der Waals surface area (Å²) in [6, 6.07) is 0. The molecular formula is C23H32O. The fraction of sp³-hybridized carbons (Fsp3) is 0.739. The van der Waals surface area contributed by atoms with Crippen molar-refractivity contribution in [1.29, 1.82) is 0 Å². The minimum absolute atomic E-state index is 0.278. The van der Waals surface area contributed by atoms with Crippen molar-refractivity contribution < 1.29 is 4.74 Å². The Kier molecular flexibility index (Phi) is 3.96. The van der Waals surface area contributed by atoms with Crippen LogP contribution in [0.5, 0.6) is 0 Å². The van der Waals surface area contributed by atoms with Crippen molar-refractivity contribution in [2.24, 2.45) is 28.6 Å². The molecular weight excluding hydrogens is 292 g/mol. The summed E-state index contributed by atoms with van der Waals surface area (Å²) in [4.78, 5) is 0. The van der Waals surface area contributed by atoms with Gasteiger partial charge in [0.2, 0.25) is 0 Å². The highest BCUT2D eigenvalue weighted by Crippen LogP contribution is 2.64. The van der Waals surface area contributed by atoms with Crippen LogP contribution in [0.3, 0.4) is 0 Å². The zero-order valence-electron chi connectivity index (χ0n) is 15.6. The van der Waals surface area contributed by atoms with Crippen molar-refractivity contribution in [3.05, 3.63) is 23.3 Å². The molecule has 24 heavy (non-hydrogen) atoms. The third-order valence-electron chi connectivity index (χ3n) is 8.20. The predicted octanol–water partition coefficient (Wildman–Crippen LogP) is 5.52. The van der Waals surface area contributed by atoms with E-state index in [2.05, 4.69) is 38.8 Å². The molecule has 1 heteroatoms. The summed E-state index contributed by atoms with van der Waals surface area (Å²) >= 11 is 0. The van der Waals surface area contributed by atoms with Gasteiger partial charge in [0.05, 0.1) is 6.10 Å². The Balaban J connectivity index is 1.61. The Morgan fingerprint density at radius 3 is 2.67 bits per heavy atom. The lowest BCUT2D eigenvalue weighted by atomic mass is 9.47. The van der Waals surface area contributed by atoms with Crippen LogP contribution >= 0.6 is 0 Å². The van der Waals surface area contributed by atoms with Gasteiger partial charge in [-0.3, -0.25) is 0 Å². The van der Waals surface area contributed by atoms with Gasteiger partial charge in [0.1, 0.15) is 0 Å². The largest absolute Gasteiger partial charge is 0.378 e. The maximum absolute atomic E-state index is 5.96. The van der Waals surface area contributed by atoms with E-state index < -0.39 is 0 Å². The second kappa shape index (κ2) is 5.77. The fourth-order valence-electron chi connectivity index (χ4n) is 6.80. The Bertz CT molecular complexity index is 620. The van der Waals surface area contributed by atoms with Crippen molar-refractivity contribution in [3.63, 3.8) is 0 Å². The van der Waals surface area contributed by atoms with Crippen LogP contribution < -0.4 is 0 Å². The van der Waals surface area contributed by atoms with Gasteiger partial charge in [-0.05, 0) is 75.0 Å². The lowest BCUT2D eigenvalue weighted by molar-refractivity contribution is -0.0398. The molecule has 4 rings (SSSR count). The van der Waals surface area contributed by atoms with Crippen molar-refractivity contribution in [3.8, 4) is 12.3 Å². The zero-order valence-corrected chi connectivity index (χ0v) is 15.6. The van der Waals surface area contributed by atoms with Gasteiger partial charge in [0.15, 0.2) is 0 Å². The summed E-state index contributed by atoms with van der Waals surface area (Å²) in [5, 5.41) is 0. The molecule has 4 aliphatic rings. The molecule has 0 aromatic heterocycles. The molecule has 2 saturated carbocycles. The van der Waals surface area contributed by atoms with Crippen LogP contribution in [0.2, 0.25) is 0 Å². The Morgan fingerprint density at radius 2 is 1.92 bits per heavy atom. The van der Waals surface area contributed by atoms with E-state index in [9.17, 15) is 0 Å². The highest BCUT2D eigenvalue weighted by Gasteiger charge is 2.56. The predicted molar refractivity (Wildman–Crippen MR) is 99.4 cm³/mol. The van der Waals surface area contributed by atoms with Gasteiger partial charge in [-0.2, -0.15) is 0 Å². The number of rotatable bonds is 2. The molecule has 0 unspecified atom stereocenters. The second-order valence-electron chi connectivity index (χ2n) is 9.03. The van der Waals surface area contributed by atoms with Gasteiger partial charge in [-0.1, -0.05) is 37.5 Å². The highest BCUT2D eigenvalue weighted by atomic mass is 16.5. The van der Waals surface area contributed by atoms with Crippen molar-refractivity contribution in [2.45, 2.75) is 71.8 Å². The van der Waals surface area contributed by atoms with E-state index in [-0.39, 0.29) is 5.41 Å². The summed E-state index contributed by atoms with van der Waals surface area (Å²) in [6.07, 6.45) is 20.1. The molecule has 0 N–H and O–H groups in total. The number of fused-ring (bicyclic) bond motifs is 5. The van der Waals surface area contributed by atoms with Crippen molar-refractivity contribution in [1.82, 2.24) is 0 Å². The normalized spacial score (nSPS) is 46.9. The zero-order chi connectivity index (χ0) is 16.9. The molecule has 0 bridgehead atoms. The van der Waals surface area contributed by atoms with E-state index in [1.54, 1.807) is 5.57 Å². The Morgan fingerprint density at radius 1 is 1.12 bits per heavy atom. The molecule has 4 aliphatic carbocycles. The molecule has 0 radical (unpaired) electrons. The van der Waals surface area contributed by atoms with Crippen molar-refractivity contribution in [2.75, 3.05) is 6.61 Å². The SMILES string of the molecule is C#CC1=CC[C@H]2[C@@H]3CC=C4C[C@@H](OCC)CC[C@]4(C)[C@H]3CC[C@]12C. The van der Waals surface area contributed by atoms with Gasteiger partial charge in [-0.15, -0.1) is 6.42 Å². The van der Waals surface area contributed by atoms with E-state index in [0.717, 1.165) is 24.4 Å². The smallest absolute Gasteiger partial charge is 0.0612 e. The maximum Gasteiger partial charge on any atom is 0.0612 e. The molecule has 130 valence electrons. The lowest BCUT2D eigenvalue weighted by Crippen LogP contribution is -2.50. The van der Waals surface area contributed by atoms with Gasteiger partial charge >= 0.3 is 0 Å². The monoisotopic (exact) mass is 324 g/mol. The molecule has 0 spiro atoms. The average Bonchev–Trinajstić information content (AvgIpc) is 2.92. The van der Waals surface area contributed by atoms with E-state index in [1.807, 2.05) is 0 Å². The Hall–Kier alpha value is -1.00. The Labute approximate surface area is 147 Å². The molecule has 1 nitrogen and oxygen atoms in total. The van der Waals surface area contributed by atoms with Crippen LogP contribution in [-0.2, 0) is 4.74 Å². The first kappa shape index (κ1) is 16.5. The van der Waals surface area contributed by atoms with Crippen LogP contribution in [-0.4, -0.2) is 12.7 Å². The molecule has 0 amide bonds. The molecule has 0 saturated heterocycles. The number of allylic oxidation sites excluding steroid dienone is 3. The third-order valence-corrected chi connectivity index (χ3v) is 8.20. The quantitative estimate of drug-likeness (QED) is 0.480. The maximum atomic E-state index is 5.96. The summed E-state index contributed by atoms with van der Waals surface area (Å²) in [5.41, 5.74) is 3.70. The van der Waals surface area contributed by atoms with Crippen LogP contribution in [0.25, 0.3) is 0 Å². The molecule has 0 aliphatic heterocycles. The third kappa shape index (κ3) is 2.19. The topological polar surface area (TPSA) is 9.23 Å². The minimum atomic E-state index is 0.278. The van der Waals surface area contributed by atoms with E-state index in [1.165, 1.54) is 50.5 Å². The first-order valence-corrected chi connectivity index (χ1v) is 10.0. The van der Waals surface area contributed by atoms with E-state index in [0.29, 0.717) is 11.5 Å². The van der Waals surface area contributed by atoms with Gasteiger partial charge in [0.25, 0.3) is 0 Å².